The molecule has 0 rings (SSSR count). The van der Waals surface area contributed by atoms with E-state index in [9.17, 15) is 0 Å². The van der Waals surface area contributed by atoms with E-state index < -0.39 is 0 Å². The molecule has 0 aromatic carbocycles. The van der Waals surface area contributed by atoms with E-state index in [2.05, 4.69) is 4.76 Å². The Hall–Kier alpha value is -0.0151. The molecule has 2 nitrogen and oxygen atoms in total. The fourth-order valence-electron chi connectivity index (χ4n) is 0.122. The number of hydrogen-bond acceptors (Lipinski definition) is 2. The molecule has 0 aliphatic carbocycles. The molecule has 0 unspecified atom stereocenters. The fraction of sp³-hybridized carbons (Fsp3) is 1.00. The van der Waals surface area contributed by atoms with E-state index in [4.69, 9.17) is 8.05 Å². The molecule has 0 N–H and O–H groups in total. The summed E-state index contributed by atoms with van der Waals surface area (Å²) in [5, 5.41) is 1.57. The van der Waals surface area contributed by atoms with Crippen LogP contribution in [0.25, 0.3) is 0 Å². The normalized spacial score (nSPS) is 11.0. The molecule has 2 radical (unpaired) electrons. The van der Waals surface area contributed by atoms with Gasteiger partial charge in [0.15, 0.2) is 0 Å². The van der Waals surface area contributed by atoms with Gasteiger partial charge >= 0.3 is 8.05 Å². The van der Waals surface area contributed by atoms with Gasteiger partial charge in [-0.1, -0.05) is 0 Å². The largest absolute Gasteiger partial charge is 0.374 e. The summed E-state index contributed by atoms with van der Waals surface area (Å²) in [6, 6.07) is 0.352. The molecule has 0 atom stereocenters. The average Bonchev–Trinajstić information content (AvgIpc) is 1.65. The summed E-state index contributed by atoms with van der Waals surface area (Å²) in [5.41, 5.74) is 0. The number of hydroxylamine groups is 2. The molecule has 7 heavy (non-hydrogen) atoms. The lowest BCUT2D eigenvalue weighted by molar-refractivity contribution is -0.0520. The fourth-order valence-corrected chi connectivity index (χ4v) is 0.122. The third-order valence-corrected chi connectivity index (χ3v) is 0.893. The van der Waals surface area contributed by atoms with Crippen molar-refractivity contribution in [1.82, 2.24) is 5.06 Å². The van der Waals surface area contributed by atoms with Gasteiger partial charge in [0.2, 0.25) is 0 Å². The highest BCUT2D eigenvalue weighted by Crippen LogP contribution is 1.89. The Morgan fingerprint density at radius 2 is 2.00 bits per heavy atom. The highest BCUT2D eigenvalue weighted by Gasteiger charge is 1.96. The van der Waals surface area contributed by atoms with Gasteiger partial charge in [0.25, 0.3) is 0 Å². The summed E-state index contributed by atoms with van der Waals surface area (Å²) >= 11 is 0. The van der Waals surface area contributed by atoms with E-state index in [1.807, 2.05) is 13.8 Å². The van der Waals surface area contributed by atoms with Gasteiger partial charge in [0, 0.05) is 13.1 Å². The lowest BCUT2D eigenvalue weighted by Crippen LogP contribution is -2.25. The lowest BCUT2D eigenvalue weighted by atomic mass is 10.4. The Morgan fingerprint density at radius 3 is 2.00 bits per heavy atom. The Bertz CT molecular complexity index is 49.0. The van der Waals surface area contributed by atoms with Crippen molar-refractivity contribution in [3.8, 4) is 0 Å². The zero-order valence-corrected chi connectivity index (χ0v) is 5.01. The standard InChI is InChI=1S/C4H10BNO/c1-4(2)6(3)7-5/h4H,1-3H3. The van der Waals surface area contributed by atoms with E-state index in [-0.39, 0.29) is 0 Å². The van der Waals surface area contributed by atoms with E-state index in [1.165, 1.54) is 0 Å². The molecule has 0 aromatic heterocycles. The molecule has 0 saturated carbocycles. The Kier molecular flexibility index (Phi) is 3.04. The van der Waals surface area contributed by atoms with Gasteiger partial charge in [0.05, 0.1) is 0 Å². The zero-order valence-electron chi connectivity index (χ0n) is 5.01. The van der Waals surface area contributed by atoms with Gasteiger partial charge in [-0.05, 0) is 13.8 Å². The second-order valence-electron chi connectivity index (χ2n) is 1.75. The van der Waals surface area contributed by atoms with Gasteiger partial charge in [-0.25, -0.2) is 5.06 Å². The van der Waals surface area contributed by atoms with E-state index in [0.29, 0.717) is 6.04 Å². The van der Waals surface area contributed by atoms with Crippen LogP contribution in [0.2, 0.25) is 0 Å². The smallest absolute Gasteiger partial charge is 0.317 e. The minimum absolute atomic E-state index is 0.352. The van der Waals surface area contributed by atoms with Crippen molar-refractivity contribution in [3.05, 3.63) is 0 Å². The third kappa shape index (κ3) is 2.65. The highest BCUT2D eigenvalue weighted by molar-refractivity contribution is 5.97. The van der Waals surface area contributed by atoms with Crippen molar-refractivity contribution in [3.63, 3.8) is 0 Å². The summed E-state index contributed by atoms with van der Waals surface area (Å²) in [7, 11) is 6.58. The zero-order chi connectivity index (χ0) is 5.86. The van der Waals surface area contributed by atoms with Crippen molar-refractivity contribution in [2.24, 2.45) is 0 Å². The first-order valence-electron chi connectivity index (χ1n) is 2.28. The molecule has 40 valence electrons. The van der Waals surface area contributed by atoms with Crippen molar-refractivity contribution in [2.75, 3.05) is 7.05 Å². The van der Waals surface area contributed by atoms with Crippen LogP contribution < -0.4 is 0 Å². The maximum Gasteiger partial charge on any atom is 0.317 e. The molecule has 0 spiro atoms. The number of hydrogen-bond donors (Lipinski definition) is 0. The highest BCUT2D eigenvalue weighted by atomic mass is 16.6. The molecule has 0 amide bonds. The van der Waals surface area contributed by atoms with Gasteiger partial charge in [-0.15, -0.1) is 0 Å². The van der Waals surface area contributed by atoms with Gasteiger partial charge in [-0.3, -0.25) is 0 Å². The number of rotatable bonds is 2. The maximum atomic E-state index is 4.80. The minimum atomic E-state index is 0.352. The number of nitrogens with zero attached hydrogens (tertiary/aromatic N) is 1. The molecular weight excluding hydrogens is 88.9 g/mol. The summed E-state index contributed by atoms with van der Waals surface area (Å²) in [5.74, 6) is 0. The summed E-state index contributed by atoms with van der Waals surface area (Å²) < 4.78 is 4.34. The molecule has 0 aliphatic heterocycles. The van der Waals surface area contributed by atoms with Gasteiger partial charge in [-0.2, -0.15) is 0 Å². The first kappa shape index (κ1) is 6.98. The molecular formula is C4H10BNO. The van der Waals surface area contributed by atoms with E-state index >= 15 is 0 Å². The molecule has 0 heterocycles. The molecule has 0 fully saturated rings. The van der Waals surface area contributed by atoms with Crippen LogP contribution in [0.4, 0.5) is 0 Å². The van der Waals surface area contributed by atoms with Gasteiger partial charge in [0.1, 0.15) is 0 Å². The second kappa shape index (κ2) is 3.05. The van der Waals surface area contributed by atoms with Crippen LogP contribution in [0.3, 0.4) is 0 Å². The molecule has 0 bridgehead atoms. The molecule has 0 saturated heterocycles. The van der Waals surface area contributed by atoms with Crippen molar-refractivity contribution in [1.29, 1.82) is 0 Å². The summed E-state index contributed by atoms with van der Waals surface area (Å²) in [6.45, 7) is 3.99. The van der Waals surface area contributed by atoms with Crippen LogP contribution in [-0.2, 0) is 4.76 Å². The Morgan fingerprint density at radius 1 is 1.57 bits per heavy atom. The van der Waals surface area contributed by atoms with Crippen LogP contribution in [0.15, 0.2) is 0 Å². The second-order valence-corrected chi connectivity index (χ2v) is 1.75. The van der Waals surface area contributed by atoms with E-state index in [1.54, 1.807) is 12.1 Å². The quantitative estimate of drug-likeness (QED) is 0.365. The van der Waals surface area contributed by atoms with Gasteiger partial charge < -0.3 is 4.76 Å². The van der Waals surface area contributed by atoms with Crippen LogP contribution in [-0.4, -0.2) is 26.2 Å². The van der Waals surface area contributed by atoms with Crippen LogP contribution in [0.5, 0.6) is 0 Å². The lowest BCUT2D eigenvalue weighted by Gasteiger charge is -2.17. The minimum Gasteiger partial charge on any atom is -0.374 e. The summed E-state index contributed by atoms with van der Waals surface area (Å²) in [4.78, 5) is 0. The third-order valence-electron chi connectivity index (χ3n) is 0.893. The van der Waals surface area contributed by atoms with E-state index in [0.717, 1.165) is 0 Å². The van der Waals surface area contributed by atoms with Crippen molar-refractivity contribution in [2.45, 2.75) is 19.9 Å². The van der Waals surface area contributed by atoms with Crippen molar-refractivity contribution >= 4 is 8.05 Å². The Balaban J connectivity index is 3.14. The summed E-state index contributed by atoms with van der Waals surface area (Å²) in [6.07, 6.45) is 0. The van der Waals surface area contributed by atoms with Crippen LogP contribution in [0.1, 0.15) is 13.8 Å². The molecule has 0 aromatic rings. The molecule has 0 aliphatic rings. The predicted octanol–water partition coefficient (Wildman–Crippen LogP) is 0.342. The molecule has 3 heteroatoms. The maximum absolute atomic E-state index is 4.80. The Labute approximate surface area is 45.8 Å². The van der Waals surface area contributed by atoms with Crippen LogP contribution in [0, 0.1) is 0 Å². The van der Waals surface area contributed by atoms with Crippen molar-refractivity contribution < 1.29 is 4.76 Å². The predicted molar refractivity (Wildman–Crippen MR) is 29.7 cm³/mol. The first-order valence-corrected chi connectivity index (χ1v) is 2.28. The topological polar surface area (TPSA) is 12.5 Å². The first-order chi connectivity index (χ1) is 3.18. The van der Waals surface area contributed by atoms with Crippen LogP contribution >= 0.6 is 0 Å². The monoisotopic (exact) mass is 99.1 g/mol. The SMILES string of the molecule is [B]ON(C)C(C)C. The average molecular weight is 98.9 g/mol.